The third-order valence-corrected chi connectivity index (χ3v) is 2.48. The van der Waals surface area contributed by atoms with Crippen LogP contribution in [0.3, 0.4) is 0 Å². The summed E-state index contributed by atoms with van der Waals surface area (Å²) in [5, 5.41) is 22.5. The number of nitrogens with one attached hydrogen (secondary N) is 1. The molecule has 1 aromatic carbocycles. The van der Waals surface area contributed by atoms with Gasteiger partial charge in [0.15, 0.2) is 12.4 Å². The van der Waals surface area contributed by atoms with Crippen LogP contribution in [0.15, 0.2) is 24.3 Å². The van der Waals surface area contributed by atoms with Gasteiger partial charge in [0.1, 0.15) is 0 Å². The molecule has 0 saturated carbocycles. The summed E-state index contributed by atoms with van der Waals surface area (Å²) in [5.74, 6) is -1.10. The van der Waals surface area contributed by atoms with Crippen molar-refractivity contribution in [3.63, 3.8) is 0 Å². The molecule has 6 nitrogen and oxygen atoms in total. The van der Waals surface area contributed by atoms with Crippen molar-refractivity contribution in [2.24, 2.45) is 0 Å². The lowest BCUT2D eigenvalue weighted by atomic mass is 9.99. The first-order chi connectivity index (χ1) is 8.92. The molecule has 0 aliphatic carbocycles. The van der Waals surface area contributed by atoms with Gasteiger partial charge in [-0.2, -0.15) is 0 Å². The van der Waals surface area contributed by atoms with Crippen molar-refractivity contribution in [3.05, 3.63) is 39.9 Å². The average molecular weight is 274 g/mol. The van der Waals surface area contributed by atoms with E-state index in [1.165, 1.54) is 12.1 Å². The molecule has 19 heavy (non-hydrogen) atoms. The van der Waals surface area contributed by atoms with Gasteiger partial charge in [-0.15, -0.1) is 0 Å². The summed E-state index contributed by atoms with van der Waals surface area (Å²) in [7, 11) is 0. The quantitative estimate of drug-likeness (QED) is 0.463. The first-order valence-electron chi connectivity index (χ1n) is 5.33. The standard InChI is InChI=1S/C11H12F2N2O4/c12-6-5-11(17,14-10(16)7-13)8-1-3-9(4-2-8)15(18)19/h1-4,17H,5-7H2,(H,14,16). The topological polar surface area (TPSA) is 92.5 Å². The molecule has 0 heterocycles. The fourth-order valence-corrected chi connectivity index (χ4v) is 1.54. The third kappa shape index (κ3) is 3.68. The molecule has 0 spiro atoms. The first-order valence-corrected chi connectivity index (χ1v) is 5.33. The predicted octanol–water partition coefficient (Wildman–Crippen LogP) is 1.19. The average Bonchev–Trinajstić information content (AvgIpc) is 2.39. The van der Waals surface area contributed by atoms with Gasteiger partial charge in [-0.1, -0.05) is 0 Å². The van der Waals surface area contributed by atoms with Gasteiger partial charge in [-0.25, -0.2) is 4.39 Å². The minimum Gasteiger partial charge on any atom is -0.367 e. The number of hydrogen-bond donors (Lipinski definition) is 2. The molecule has 8 heteroatoms. The number of aliphatic hydroxyl groups is 1. The number of amides is 1. The zero-order chi connectivity index (χ0) is 14.5. The number of halogens is 2. The number of non-ortho nitro benzene ring substituents is 1. The molecule has 1 atom stereocenters. The molecule has 1 unspecified atom stereocenters. The molecule has 0 aliphatic heterocycles. The van der Waals surface area contributed by atoms with Crippen LogP contribution in [0, 0.1) is 10.1 Å². The second-order valence-electron chi connectivity index (χ2n) is 3.79. The molecule has 0 bridgehead atoms. The Labute approximate surface area is 107 Å². The fraction of sp³-hybridized carbons (Fsp3) is 0.364. The molecule has 1 amide bonds. The van der Waals surface area contributed by atoms with Gasteiger partial charge < -0.3 is 10.4 Å². The zero-order valence-corrected chi connectivity index (χ0v) is 9.81. The smallest absolute Gasteiger partial charge is 0.269 e. The maximum atomic E-state index is 12.4. The normalized spacial score (nSPS) is 13.6. The van der Waals surface area contributed by atoms with Crippen LogP contribution in [-0.4, -0.2) is 29.3 Å². The van der Waals surface area contributed by atoms with Crippen molar-refractivity contribution in [3.8, 4) is 0 Å². The van der Waals surface area contributed by atoms with Gasteiger partial charge in [-0.05, 0) is 12.1 Å². The number of nitro benzene ring substituents is 1. The van der Waals surface area contributed by atoms with Gasteiger partial charge in [-0.3, -0.25) is 19.3 Å². The van der Waals surface area contributed by atoms with Crippen LogP contribution in [0.4, 0.5) is 14.5 Å². The Balaban J connectivity index is 3.03. The number of benzene rings is 1. The summed E-state index contributed by atoms with van der Waals surface area (Å²) in [6.45, 7) is -2.32. The molecule has 0 saturated heterocycles. The minimum absolute atomic E-state index is 0.0394. The van der Waals surface area contributed by atoms with Crippen LogP contribution in [0.1, 0.15) is 12.0 Å². The van der Waals surface area contributed by atoms with Crippen molar-refractivity contribution in [2.75, 3.05) is 13.3 Å². The molecule has 2 N–H and O–H groups in total. The van der Waals surface area contributed by atoms with E-state index in [1.54, 1.807) is 0 Å². The van der Waals surface area contributed by atoms with Crippen molar-refractivity contribution in [1.29, 1.82) is 0 Å². The highest BCUT2D eigenvalue weighted by Crippen LogP contribution is 2.24. The number of carbonyl (C=O) groups excluding carboxylic acids is 1. The maximum absolute atomic E-state index is 12.4. The molecule has 0 fully saturated rings. The highest BCUT2D eigenvalue weighted by Gasteiger charge is 2.31. The van der Waals surface area contributed by atoms with E-state index in [4.69, 9.17) is 0 Å². The summed E-state index contributed by atoms with van der Waals surface area (Å²) in [6.07, 6.45) is -0.490. The number of nitro groups is 1. The molecular weight excluding hydrogens is 262 g/mol. The minimum atomic E-state index is -2.09. The van der Waals surface area contributed by atoms with Crippen molar-refractivity contribution >= 4 is 11.6 Å². The van der Waals surface area contributed by atoms with E-state index in [9.17, 15) is 28.8 Å². The van der Waals surface area contributed by atoms with E-state index < -0.39 is 36.3 Å². The summed E-state index contributed by atoms with van der Waals surface area (Å²) < 4.78 is 24.6. The van der Waals surface area contributed by atoms with Crippen LogP contribution < -0.4 is 5.32 Å². The van der Waals surface area contributed by atoms with Gasteiger partial charge in [0.25, 0.3) is 11.6 Å². The fourth-order valence-electron chi connectivity index (χ4n) is 1.54. The van der Waals surface area contributed by atoms with Crippen LogP contribution >= 0.6 is 0 Å². The van der Waals surface area contributed by atoms with E-state index in [0.29, 0.717) is 0 Å². The Bertz CT molecular complexity index is 466. The van der Waals surface area contributed by atoms with Crippen LogP contribution in [0.5, 0.6) is 0 Å². The molecular formula is C11H12F2N2O4. The molecule has 1 aromatic rings. The number of rotatable bonds is 6. The van der Waals surface area contributed by atoms with E-state index in [2.05, 4.69) is 0 Å². The SMILES string of the molecule is O=C(CF)NC(O)(CCF)c1ccc([N+](=O)[O-])cc1. The second kappa shape index (κ2) is 6.19. The lowest BCUT2D eigenvalue weighted by Crippen LogP contribution is -2.46. The van der Waals surface area contributed by atoms with Crippen LogP contribution in [-0.2, 0) is 10.5 Å². The third-order valence-electron chi connectivity index (χ3n) is 2.48. The van der Waals surface area contributed by atoms with Gasteiger partial charge in [0, 0.05) is 24.1 Å². The highest BCUT2D eigenvalue weighted by atomic mass is 19.1. The van der Waals surface area contributed by atoms with Gasteiger partial charge in [0.05, 0.1) is 11.6 Å². The van der Waals surface area contributed by atoms with E-state index in [1.807, 2.05) is 5.32 Å². The number of carbonyl (C=O) groups is 1. The number of nitrogens with zero attached hydrogens (tertiary/aromatic N) is 1. The van der Waals surface area contributed by atoms with Crippen LogP contribution in [0.25, 0.3) is 0 Å². The Kier molecular flexibility index (Phi) is 4.87. The Morgan fingerprint density at radius 2 is 1.95 bits per heavy atom. The summed E-state index contributed by atoms with van der Waals surface area (Å²) >= 11 is 0. The van der Waals surface area contributed by atoms with Gasteiger partial charge >= 0.3 is 0 Å². The maximum Gasteiger partial charge on any atom is 0.269 e. The Hall–Kier alpha value is -2.09. The van der Waals surface area contributed by atoms with Gasteiger partial charge in [0.2, 0.25) is 0 Å². The number of hydrogen-bond acceptors (Lipinski definition) is 4. The lowest BCUT2D eigenvalue weighted by molar-refractivity contribution is -0.384. The molecule has 0 radical (unpaired) electrons. The first kappa shape index (κ1) is 15.0. The van der Waals surface area contributed by atoms with E-state index in [-0.39, 0.29) is 11.3 Å². The summed E-state index contributed by atoms with van der Waals surface area (Å²) in [6, 6.07) is 4.54. The number of alkyl halides is 2. The second-order valence-corrected chi connectivity index (χ2v) is 3.79. The summed E-state index contributed by atoms with van der Waals surface area (Å²) in [5.41, 5.74) is -2.27. The summed E-state index contributed by atoms with van der Waals surface area (Å²) in [4.78, 5) is 20.8. The molecule has 1 rings (SSSR count). The Morgan fingerprint density at radius 1 is 1.37 bits per heavy atom. The molecule has 104 valence electrons. The van der Waals surface area contributed by atoms with E-state index >= 15 is 0 Å². The molecule has 0 aromatic heterocycles. The van der Waals surface area contributed by atoms with Crippen molar-refractivity contribution in [2.45, 2.75) is 12.1 Å². The van der Waals surface area contributed by atoms with Crippen molar-refractivity contribution in [1.82, 2.24) is 5.32 Å². The predicted molar refractivity (Wildman–Crippen MR) is 61.7 cm³/mol. The van der Waals surface area contributed by atoms with Crippen molar-refractivity contribution < 1.29 is 23.6 Å². The largest absolute Gasteiger partial charge is 0.367 e. The molecule has 0 aliphatic rings. The lowest BCUT2D eigenvalue weighted by Gasteiger charge is -2.28. The zero-order valence-electron chi connectivity index (χ0n) is 9.81. The van der Waals surface area contributed by atoms with E-state index in [0.717, 1.165) is 12.1 Å². The monoisotopic (exact) mass is 274 g/mol. The van der Waals surface area contributed by atoms with Crippen LogP contribution in [0.2, 0.25) is 0 Å². The Morgan fingerprint density at radius 3 is 2.37 bits per heavy atom. The highest BCUT2D eigenvalue weighted by molar-refractivity contribution is 5.77.